The molecule has 0 aromatic heterocycles. The molecule has 0 bridgehead atoms. The number of benzene rings is 3. The molecule has 0 saturated carbocycles. The van der Waals surface area contributed by atoms with Crippen LogP contribution in [-0.4, -0.2) is 6.54 Å². The highest BCUT2D eigenvalue weighted by Crippen LogP contribution is 2.27. The third-order valence-corrected chi connectivity index (χ3v) is 3.94. The molecule has 3 aromatic rings. The minimum absolute atomic E-state index is 0.0366. The van der Waals surface area contributed by atoms with Gasteiger partial charge in [-0.3, -0.25) is 0 Å². The van der Waals surface area contributed by atoms with Crippen molar-refractivity contribution in [2.24, 2.45) is 5.73 Å². The van der Waals surface area contributed by atoms with Crippen LogP contribution in [0.4, 0.5) is 5.69 Å². The summed E-state index contributed by atoms with van der Waals surface area (Å²) < 4.78 is 0. The fourth-order valence-corrected chi connectivity index (χ4v) is 2.66. The van der Waals surface area contributed by atoms with E-state index in [0.29, 0.717) is 11.6 Å². The van der Waals surface area contributed by atoms with E-state index in [4.69, 9.17) is 17.3 Å². The summed E-state index contributed by atoms with van der Waals surface area (Å²) in [6, 6.07) is 22.5. The minimum atomic E-state index is 0.0366. The second kappa shape index (κ2) is 6.17. The van der Waals surface area contributed by atoms with Crippen molar-refractivity contribution in [2.75, 3.05) is 11.9 Å². The second-order valence-electron chi connectivity index (χ2n) is 5.02. The Morgan fingerprint density at radius 1 is 0.905 bits per heavy atom. The molecule has 0 radical (unpaired) electrons. The smallest absolute Gasteiger partial charge is 0.0637 e. The number of anilines is 1. The number of nitrogens with one attached hydrogen (secondary N) is 1. The lowest BCUT2D eigenvalue weighted by Crippen LogP contribution is -2.20. The molecule has 3 N–H and O–H groups in total. The van der Waals surface area contributed by atoms with Gasteiger partial charge in [0.25, 0.3) is 0 Å². The monoisotopic (exact) mass is 296 g/mol. The maximum atomic E-state index is 6.20. The molecule has 0 spiro atoms. The average molecular weight is 297 g/mol. The lowest BCUT2D eigenvalue weighted by molar-refractivity contribution is 0.791. The van der Waals surface area contributed by atoms with Crippen LogP contribution in [0.25, 0.3) is 10.8 Å². The largest absolute Gasteiger partial charge is 0.376 e. The quantitative estimate of drug-likeness (QED) is 0.738. The number of para-hydroxylation sites is 1. The van der Waals surface area contributed by atoms with Gasteiger partial charge in [0, 0.05) is 6.54 Å². The van der Waals surface area contributed by atoms with Gasteiger partial charge in [0.15, 0.2) is 0 Å². The highest BCUT2D eigenvalue weighted by atomic mass is 35.5. The number of nitrogens with two attached hydrogens (primary N) is 1. The van der Waals surface area contributed by atoms with Crippen LogP contribution >= 0.6 is 11.6 Å². The molecule has 0 heterocycles. The van der Waals surface area contributed by atoms with E-state index in [2.05, 4.69) is 35.6 Å². The Morgan fingerprint density at radius 3 is 2.38 bits per heavy atom. The molecule has 21 heavy (non-hydrogen) atoms. The topological polar surface area (TPSA) is 38.0 Å². The third kappa shape index (κ3) is 3.02. The Labute approximate surface area is 129 Å². The SMILES string of the molecule is NCC(Nc1ccccc1Cl)c1ccc2ccccc2c1. The highest BCUT2D eigenvalue weighted by Gasteiger charge is 2.11. The van der Waals surface area contributed by atoms with Crippen molar-refractivity contribution in [2.45, 2.75) is 6.04 Å². The predicted octanol–water partition coefficient (Wildman–Crippen LogP) is 4.61. The van der Waals surface area contributed by atoms with Gasteiger partial charge in [0.1, 0.15) is 0 Å². The van der Waals surface area contributed by atoms with E-state index in [9.17, 15) is 0 Å². The van der Waals surface area contributed by atoms with E-state index in [1.165, 1.54) is 10.8 Å². The van der Waals surface area contributed by atoms with Crippen LogP contribution < -0.4 is 11.1 Å². The summed E-state index contributed by atoms with van der Waals surface area (Å²) >= 11 is 6.20. The lowest BCUT2D eigenvalue weighted by atomic mass is 10.0. The molecule has 1 atom stereocenters. The summed E-state index contributed by atoms with van der Waals surface area (Å²) in [6.07, 6.45) is 0. The third-order valence-electron chi connectivity index (χ3n) is 3.62. The number of rotatable bonds is 4. The molecule has 0 aliphatic carbocycles. The van der Waals surface area contributed by atoms with Crippen LogP contribution in [0, 0.1) is 0 Å². The van der Waals surface area contributed by atoms with Crippen LogP contribution in [0.5, 0.6) is 0 Å². The number of fused-ring (bicyclic) bond motifs is 1. The first kappa shape index (κ1) is 13.9. The standard InChI is InChI=1S/C18H17ClN2/c19-16-7-3-4-8-17(16)21-18(12-20)15-10-9-13-5-1-2-6-14(13)11-15/h1-11,18,21H,12,20H2. The van der Waals surface area contributed by atoms with Crippen LogP contribution in [0.15, 0.2) is 66.7 Å². The maximum absolute atomic E-state index is 6.20. The number of halogens is 1. The van der Waals surface area contributed by atoms with Gasteiger partial charge in [-0.15, -0.1) is 0 Å². The van der Waals surface area contributed by atoms with Crippen LogP contribution in [-0.2, 0) is 0 Å². The summed E-state index contributed by atoms with van der Waals surface area (Å²) in [5, 5.41) is 6.57. The van der Waals surface area contributed by atoms with E-state index in [1.807, 2.05) is 36.4 Å². The zero-order valence-corrected chi connectivity index (χ0v) is 12.3. The minimum Gasteiger partial charge on any atom is -0.376 e. The molecule has 0 aliphatic heterocycles. The van der Waals surface area contributed by atoms with E-state index in [-0.39, 0.29) is 6.04 Å². The molecular weight excluding hydrogens is 280 g/mol. The van der Waals surface area contributed by atoms with Crippen LogP contribution in [0.2, 0.25) is 5.02 Å². The van der Waals surface area contributed by atoms with Gasteiger partial charge in [-0.2, -0.15) is 0 Å². The van der Waals surface area contributed by atoms with Crippen LogP contribution in [0.1, 0.15) is 11.6 Å². The Kier molecular flexibility index (Phi) is 4.09. The van der Waals surface area contributed by atoms with Crippen molar-refractivity contribution in [3.8, 4) is 0 Å². The Hall–Kier alpha value is -2.03. The second-order valence-corrected chi connectivity index (χ2v) is 5.43. The van der Waals surface area contributed by atoms with Gasteiger partial charge >= 0.3 is 0 Å². The molecule has 0 fully saturated rings. The summed E-state index contributed by atoms with van der Waals surface area (Å²) in [5.41, 5.74) is 8.01. The first-order valence-corrected chi connectivity index (χ1v) is 7.35. The molecule has 2 nitrogen and oxygen atoms in total. The maximum Gasteiger partial charge on any atom is 0.0637 e. The van der Waals surface area contributed by atoms with Gasteiger partial charge in [-0.05, 0) is 34.5 Å². The van der Waals surface area contributed by atoms with E-state index >= 15 is 0 Å². The zero-order valence-electron chi connectivity index (χ0n) is 11.6. The first-order chi connectivity index (χ1) is 10.3. The molecule has 3 aromatic carbocycles. The molecule has 1 unspecified atom stereocenters. The molecule has 0 amide bonds. The number of hydrogen-bond donors (Lipinski definition) is 2. The Morgan fingerprint density at radius 2 is 1.62 bits per heavy atom. The lowest BCUT2D eigenvalue weighted by Gasteiger charge is -2.20. The van der Waals surface area contributed by atoms with Gasteiger partial charge in [-0.25, -0.2) is 0 Å². The van der Waals surface area contributed by atoms with Gasteiger partial charge in [0.2, 0.25) is 0 Å². The van der Waals surface area contributed by atoms with Crippen molar-refractivity contribution < 1.29 is 0 Å². The van der Waals surface area contributed by atoms with Gasteiger partial charge in [0.05, 0.1) is 16.8 Å². The van der Waals surface area contributed by atoms with E-state index in [0.717, 1.165) is 11.3 Å². The summed E-state index contributed by atoms with van der Waals surface area (Å²) in [7, 11) is 0. The summed E-state index contributed by atoms with van der Waals surface area (Å²) in [6.45, 7) is 0.504. The summed E-state index contributed by atoms with van der Waals surface area (Å²) in [4.78, 5) is 0. The van der Waals surface area contributed by atoms with Crippen LogP contribution in [0.3, 0.4) is 0 Å². The van der Waals surface area contributed by atoms with Gasteiger partial charge < -0.3 is 11.1 Å². The molecule has 3 rings (SSSR count). The van der Waals surface area contributed by atoms with Crippen molar-refractivity contribution in [1.29, 1.82) is 0 Å². The highest BCUT2D eigenvalue weighted by molar-refractivity contribution is 6.33. The predicted molar refractivity (Wildman–Crippen MR) is 90.8 cm³/mol. The van der Waals surface area contributed by atoms with Crippen molar-refractivity contribution >= 4 is 28.1 Å². The van der Waals surface area contributed by atoms with Crippen molar-refractivity contribution in [3.05, 3.63) is 77.3 Å². The molecule has 0 aliphatic rings. The Bertz CT molecular complexity index is 755. The molecule has 0 saturated heterocycles. The molecular formula is C18H17ClN2. The first-order valence-electron chi connectivity index (χ1n) is 6.98. The number of hydrogen-bond acceptors (Lipinski definition) is 2. The fraction of sp³-hybridized carbons (Fsp3) is 0.111. The normalized spacial score (nSPS) is 12.3. The molecule has 3 heteroatoms. The Balaban J connectivity index is 1.93. The van der Waals surface area contributed by atoms with Crippen molar-refractivity contribution in [3.63, 3.8) is 0 Å². The van der Waals surface area contributed by atoms with E-state index < -0.39 is 0 Å². The zero-order chi connectivity index (χ0) is 14.7. The van der Waals surface area contributed by atoms with Crippen molar-refractivity contribution in [1.82, 2.24) is 0 Å². The van der Waals surface area contributed by atoms with Gasteiger partial charge in [-0.1, -0.05) is 60.1 Å². The fourth-order valence-electron chi connectivity index (χ4n) is 2.47. The average Bonchev–Trinajstić information content (AvgIpc) is 2.54. The van der Waals surface area contributed by atoms with E-state index in [1.54, 1.807) is 0 Å². The summed E-state index contributed by atoms with van der Waals surface area (Å²) in [5.74, 6) is 0. The molecule has 106 valence electrons.